The van der Waals surface area contributed by atoms with Crippen LogP contribution in [-0.4, -0.2) is 73.3 Å². The van der Waals surface area contributed by atoms with E-state index in [1.807, 2.05) is 38.1 Å². The molecule has 1 aromatic rings. The molecule has 1 aromatic carbocycles. The van der Waals surface area contributed by atoms with Gasteiger partial charge in [0.05, 0.1) is 27.7 Å². The van der Waals surface area contributed by atoms with Gasteiger partial charge in [-0.25, -0.2) is 0 Å². The van der Waals surface area contributed by atoms with Gasteiger partial charge in [-0.3, -0.25) is 24.4 Å². The fourth-order valence-electron chi connectivity index (χ4n) is 3.48. The second-order valence-corrected chi connectivity index (χ2v) is 7.63. The fraction of sp³-hybridized carbons (Fsp3) is 0.524. The van der Waals surface area contributed by atoms with Crippen LogP contribution in [0.15, 0.2) is 29.3 Å². The summed E-state index contributed by atoms with van der Waals surface area (Å²) in [6.45, 7) is 6.80. The van der Waals surface area contributed by atoms with Crippen LogP contribution in [-0.2, 0) is 9.59 Å². The molecule has 1 heterocycles. The molecule has 158 valence electrons. The number of nitrogens with one attached hydrogen (secondary N) is 1. The Morgan fingerprint density at radius 2 is 1.66 bits per heavy atom. The minimum Gasteiger partial charge on any atom is -0.497 e. The summed E-state index contributed by atoms with van der Waals surface area (Å²) in [5.74, 6) is -0.678. The lowest BCUT2D eigenvalue weighted by Crippen LogP contribution is -3.06. The van der Waals surface area contributed by atoms with Crippen LogP contribution in [0.1, 0.15) is 32.4 Å². The van der Waals surface area contributed by atoms with Crippen molar-refractivity contribution < 1.29 is 19.2 Å². The molecular weight excluding hydrogens is 388 g/mol. The molecule has 0 aromatic heterocycles. The minimum atomic E-state index is -0.907. The predicted octanol–water partition coefficient (Wildman–Crippen LogP) is 0.953. The molecular formula is C21H31N4O3S+. The average molecular weight is 420 g/mol. The zero-order valence-electron chi connectivity index (χ0n) is 18.1. The Hall–Kier alpha value is -2.32. The van der Waals surface area contributed by atoms with Gasteiger partial charge in [-0.1, -0.05) is 0 Å². The number of hydrogen-bond acceptors (Lipinski definition) is 5. The van der Waals surface area contributed by atoms with Crippen molar-refractivity contribution in [2.45, 2.75) is 26.8 Å². The van der Waals surface area contributed by atoms with E-state index in [0.717, 1.165) is 11.3 Å². The number of benzene rings is 1. The minimum absolute atomic E-state index is 0.0929. The Kier molecular flexibility index (Phi) is 7.87. The van der Waals surface area contributed by atoms with Crippen LogP contribution in [0.3, 0.4) is 0 Å². The van der Waals surface area contributed by atoms with Crippen molar-refractivity contribution in [1.82, 2.24) is 9.80 Å². The number of thiocarbonyl (C=S) groups is 1. The summed E-state index contributed by atoms with van der Waals surface area (Å²) in [7, 11) is 5.76. The van der Waals surface area contributed by atoms with Crippen molar-refractivity contribution in [2.75, 3.05) is 40.8 Å². The molecule has 8 heteroatoms. The van der Waals surface area contributed by atoms with E-state index in [1.54, 1.807) is 14.0 Å². The van der Waals surface area contributed by atoms with Gasteiger partial charge in [0.15, 0.2) is 11.0 Å². The van der Waals surface area contributed by atoms with Gasteiger partial charge in [-0.15, -0.1) is 0 Å². The molecule has 2 rings (SSSR count). The molecule has 0 saturated carbocycles. The van der Waals surface area contributed by atoms with Gasteiger partial charge < -0.3 is 9.64 Å². The van der Waals surface area contributed by atoms with Gasteiger partial charge in [0.1, 0.15) is 11.8 Å². The number of methoxy groups -OCH3 is 1. The summed E-state index contributed by atoms with van der Waals surface area (Å²) in [6.07, 6.45) is 0. The summed E-state index contributed by atoms with van der Waals surface area (Å²) >= 11 is 5.32. The molecule has 2 amide bonds. The van der Waals surface area contributed by atoms with Gasteiger partial charge >= 0.3 is 0 Å². The number of aliphatic imine (C=N–C) groups is 1. The molecule has 0 bridgehead atoms. The predicted molar refractivity (Wildman–Crippen MR) is 117 cm³/mol. The highest BCUT2D eigenvalue weighted by atomic mass is 32.1. The summed E-state index contributed by atoms with van der Waals surface area (Å²) in [5, 5.41) is 0.280. The highest BCUT2D eigenvalue weighted by Crippen LogP contribution is 2.21. The number of carbonyl (C=O) groups is 2. The third-order valence-electron chi connectivity index (χ3n) is 5.28. The molecule has 1 fully saturated rings. The number of carbonyl (C=O) groups excluding carboxylic acids is 2. The van der Waals surface area contributed by atoms with Crippen molar-refractivity contribution >= 4 is 34.9 Å². The van der Waals surface area contributed by atoms with Crippen molar-refractivity contribution in [2.24, 2.45) is 10.9 Å². The average Bonchev–Trinajstić information content (AvgIpc) is 2.69. The summed E-state index contributed by atoms with van der Waals surface area (Å²) < 4.78 is 5.23. The first-order chi connectivity index (χ1) is 13.8. The lowest BCUT2D eigenvalue weighted by Gasteiger charge is -2.38. The second-order valence-electron chi connectivity index (χ2n) is 7.27. The number of nitrogens with zero attached hydrogens (tertiary/aromatic N) is 3. The Morgan fingerprint density at radius 3 is 2.07 bits per heavy atom. The number of quaternary nitrogens is 1. The van der Waals surface area contributed by atoms with Crippen molar-refractivity contribution in [3.05, 3.63) is 29.8 Å². The van der Waals surface area contributed by atoms with Crippen LogP contribution in [0.2, 0.25) is 0 Å². The standard InChI is InChI=1S/C21H30N4O3S/c1-7-24-19(26)18(20(27)25(8-2)21(24)29)14(3)22-13-17(23(4)5)15-9-11-16(28-6)12-10-15/h9-12,17-18H,7-8,13H2,1-6H3/p+1/t17-/m0/s1. The second kappa shape index (κ2) is 9.93. The van der Waals surface area contributed by atoms with E-state index in [2.05, 4.69) is 19.1 Å². The van der Waals surface area contributed by atoms with Gasteiger partial charge in [-0.2, -0.15) is 0 Å². The topological polar surface area (TPSA) is 66.7 Å². The van der Waals surface area contributed by atoms with Crippen molar-refractivity contribution in [1.29, 1.82) is 0 Å². The Morgan fingerprint density at radius 1 is 1.14 bits per heavy atom. The summed E-state index contributed by atoms with van der Waals surface area (Å²) in [6, 6.07) is 7.99. The first kappa shape index (κ1) is 23.0. The first-order valence-corrected chi connectivity index (χ1v) is 10.3. The molecule has 0 unspecified atom stereocenters. The zero-order chi connectivity index (χ0) is 21.7. The van der Waals surface area contributed by atoms with Crippen LogP contribution in [0.25, 0.3) is 0 Å². The lowest BCUT2D eigenvalue weighted by molar-refractivity contribution is -0.890. The lowest BCUT2D eigenvalue weighted by atomic mass is 9.98. The van der Waals surface area contributed by atoms with E-state index in [1.165, 1.54) is 14.7 Å². The summed E-state index contributed by atoms with van der Waals surface area (Å²) in [5.41, 5.74) is 1.65. The van der Waals surface area contributed by atoms with Gasteiger partial charge in [0.25, 0.3) is 0 Å². The third kappa shape index (κ3) is 4.82. The number of ether oxygens (including phenoxy) is 1. The van der Waals surface area contributed by atoms with Gasteiger partial charge in [0, 0.05) is 24.4 Å². The molecule has 1 aliphatic heterocycles. The monoisotopic (exact) mass is 419 g/mol. The maximum atomic E-state index is 12.9. The number of rotatable bonds is 8. The third-order valence-corrected chi connectivity index (χ3v) is 5.72. The largest absolute Gasteiger partial charge is 0.497 e. The Labute approximate surface area is 178 Å². The fourth-order valence-corrected chi connectivity index (χ4v) is 3.91. The molecule has 1 aliphatic rings. The highest BCUT2D eigenvalue weighted by molar-refractivity contribution is 7.80. The molecule has 0 spiro atoms. The normalized spacial score (nSPS) is 17.3. The van der Waals surface area contributed by atoms with E-state index in [0.29, 0.717) is 25.3 Å². The van der Waals surface area contributed by atoms with Gasteiger partial charge in [-0.05, 0) is 57.3 Å². The molecule has 29 heavy (non-hydrogen) atoms. The number of likely N-dealkylation sites (N-methyl/N-ethyl adjacent to an activating group) is 1. The van der Waals surface area contributed by atoms with E-state index < -0.39 is 5.92 Å². The van der Waals surface area contributed by atoms with E-state index in [-0.39, 0.29) is 23.0 Å². The molecule has 7 nitrogen and oxygen atoms in total. The maximum absolute atomic E-state index is 12.9. The van der Waals surface area contributed by atoms with Crippen LogP contribution in [0.5, 0.6) is 5.75 Å². The zero-order valence-corrected chi connectivity index (χ0v) is 18.9. The number of hydrogen-bond donors (Lipinski definition) is 1. The van der Waals surface area contributed by atoms with Crippen LogP contribution < -0.4 is 9.64 Å². The molecule has 0 aliphatic carbocycles. The number of amides is 2. The van der Waals surface area contributed by atoms with Crippen LogP contribution in [0.4, 0.5) is 0 Å². The first-order valence-electron chi connectivity index (χ1n) is 9.88. The molecule has 0 radical (unpaired) electrons. The maximum Gasteiger partial charge on any atom is 0.247 e. The van der Waals surface area contributed by atoms with E-state index >= 15 is 0 Å². The summed E-state index contributed by atoms with van der Waals surface area (Å²) in [4.78, 5) is 34.6. The quantitative estimate of drug-likeness (QED) is 0.387. The molecule has 1 saturated heterocycles. The van der Waals surface area contributed by atoms with Crippen LogP contribution >= 0.6 is 12.2 Å². The Bertz CT molecular complexity index is 766. The van der Waals surface area contributed by atoms with Crippen molar-refractivity contribution in [3.8, 4) is 5.75 Å². The van der Waals surface area contributed by atoms with Crippen LogP contribution in [0, 0.1) is 5.92 Å². The van der Waals surface area contributed by atoms with E-state index in [9.17, 15) is 9.59 Å². The highest BCUT2D eigenvalue weighted by Gasteiger charge is 2.43. The SMILES string of the molecule is CCN1C(=O)C(C(C)=NC[C@@H](c2ccc(OC)cc2)[NH+](C)C)C(=O)N(CC)C1=S. The van der Waals surface area contributed by atoms with Gasteiger partial charge in [0.2, 0.25) is 11.8 Å². The molecule has 1 N–H and O–H groups in total. The van der Waals surface area contributed by atoms with E-state index in [4.69, 9.17) is 17.0 Å². The van der Waals surface area contributed by atoms with Crippen molar-refractivity contribution in [3.63, 3.8) is 0 Å². The smallest absolute Gasteiger partial charge is 0.247 e. The Balaban J connectivity index is 2.27. The molecule has 1 atom stereocenters.